The Morgan fingerprint density at radius 1 is 1.12 bits per heavy atom. The minimum atomic E-state index is -0.435. The minimum Gasteiger partial charge on any atom is -0.372 e. The molecule has 10 heteroatoms. The fraction of sp³-hybridized carbons (Fsp3) is 0.500. The lowest BCUT2D eigenvalue weighted by Crippen LogP contribution is -2.32. The molecule has 0 fully saturated rings. The van der Waals surface area contributed by atoms with E-state index in [9.17, 15) is 4.39 Å². The molecule has 0 saturated heterocycles. The van der Waals surface area contributed by atoms with Crippen molar-refractivity contribution in [3.8, 4) is 0 Å². The molecule has 1 N–H and O–H groups in total. The maximum atomic E-state index is 14.8. The van der Waals surface area contributed by atoms with Gasteiger partial charge in [-0.25, -0.2) is 14.4 Å². The SMILES string of the molecule is CC(C)c1c2c(nn1C)CCN(c1nc(Nc3ccc(N(C)CCN(C)C)cn3)ncc1F)C2. The van der Waals surface area contributed by atoms with Crippen molar-refractivity contribution in [3.63, 3.8) is 0 Å². The highest BCUT2D eigenvalue weighted by atomic mass is 19.1. The number of fused-ring (bicyclic) bond motifs is 1. The highest BCUT2D eigenvalue weighted by Crippen LogP contribution is 2.30. The Morgan fingerprint density at radius 2 is 1.91 bits per heavy atom. The van der Waals surface area contributed by atoms with Crippen LogP contribution in [0.4, 0.5) is 27.7 Å². The molecule has 0 spiro atoms. The molecule has 0 saturated carbocycles. The summed E-state index contributed by atoms with van der Waals surface area (Å²) >= 11 is 0. The van der Waals surface area contributed by atoms with Gasteiger partial charge in [0.25, 0.3) is 0 Å². The van der Waals surface area contributed by atoms with Gasteiger partial charge in [-0.05, 0) is 32.1 Å². The number of aryl methyl sites for hydroxylation is 1. The van der Waals surface area contributed by atoms with E-state index in [2.05, 4.69) is 63.1 Å². The molecule has 182 valence electrons. The highest BCUT2D eigenvalue weighted by Gasteiger charge is 2.27. The Bertz CT molecular complexity index is 1120. The van der Waals surface area contributed by atoms with Crippen LogP contribution in [0.15, 0.2) is 24.5 Å². The molecule has 9 nitrogen and oxygen atoms in total. The summed E-state index contributed by atoms with van der Waals surface area (Å²) in [6, 6.07) is 3.88. The number of nitrogens with one attached hydrogen (secondary N) is 1. The molecule has 0 aliphatic carbocycles. The molecule has 0 unspecified atom stereocenters. The molecule has 0 aromatic carbocycles. The lowest BCUT2D eigenvalue weighted by Gasteiger charge is -2.28. The molecule has 1 aliphatic rings. The van der Waals surface area contributed by atoms with Gasteiger partial charge in [-0.15, -0.1) is 0 Å². The highest BCUT2D eigenvalue weighted by molar-refractivity contribution is 5.55. The van der Waals surface area contributed by atoms with E-state index in [0.717, 1.165) is 30.9 Å². The molecule has 34 heavy (non-hydrogen) atoms. The summed E-state index contributed by atoms with van der Waals surface area (Å²) < 4.78 is 16.7. The third-order valence-electron chi connectivity index (χ3n) is 6.13. The van der Waals surface area contributed by atoms with Gasteiger partial charge >= 0.3 is 0 Å². The summed E-state index contributed by atoms with van der Waals surface area (Å²) in [4.78, 5) is 19.4. The van der Waals surface area contributed by atoms with Crippen molar-refractivity contribution in [1.29, 1.82) is 0 Å². The zero-order chi connectivity index (χ0) is 24.4. The van der Waals surface area contributed by atoms with Crippen molar-refractivity contribution in [3.05, 3.63) is 47.3 Å². The van der Waals surface area contributed by atoms with Gasteiger partial charge in [-0.1, -0.05) is 13.8 Å². The van der Waals surface area contributed by atoms with Crippen LogP contribution in [0.1, 0.15) is 36.7 Å². The molecule has 0 bridgehead atoms. The van der Waals surface area contributed by atoms with E-state index < -0.39 is 5.82 Å². The number of hydrogen-bond acceptors (Lipinski definition) is 8. The van der Waals surface area contributed by atoms with Crippen LogP contribution in [0.5, 0.6) is 0 Å². The van der Waals surface area contributed by atoms with Gasteiger partial charge in [0.2, 0.25) is 5.95 Å². The van der Waals surface area contributed by atoms with Gasteiger partial charge in [-0.3, -0.25) is 4.68 Å². The van der Waals surface area contributed by atoms with Gasteiger partial charge in [0.1, 0.15) is 5.82 Å². The van der Waals surface area contributed by atoms with Crippen LogP contribution in [-0.2, 0) is 20.0 Å². The number of hydrogen-bond donors (Lipinski definition) is 1. The number of nitrogens with zero attached hydrogens (tertiary/aromatic N) is 8. The molecular weight excluding hydrogens is 433 g/mol. The summed E-state index contributed by atoms with van der Waals surface area (Å²) in [7, 11) is 8.13. The van der Waals surface area contributed by atoms with E-state index in [1.807, 2.05) is 42.0 Å². The summed E-state index contributed by atoms with van der Waals surface area (Å²) in [6.07, 6.45) is 3.78. The molecule has 3 aromatic heterocycles. The third kappa shape index (κ3) is 5.11. The van der Waals surface area contributed by atoms with Crippen LogP contribution in [0, 0.1) is 5.82 Å². The number of aromatic nitrogens is 5. The zero-order valence-corrected chi connectivity index (χ0v) is 20.9. The Labute approximate surface area is 200 Å². The first-order valence-corrected chi connectivity index (χ1v) is 11.6. The Kier molecular flexibility index (Phi) is 6.97. The third-order valence-corrected chi connectivity index (χ3v) is 6.13. The summed E-state index contributed by atoms with van der Waals surface area (Å²) in [5.74, 6) is 1.12. The normalized spacial score (nSPS) is 13.5. The first-order chi connectivity index (χ1) is 16.2. The van der Waals surface area contributed by atoms with E-state index in [1.165, 1.54) is 17.5 Å². The fourth-order valence-electron chi connectivity index (χ4n) is 4.34. The molecule has 0 atom stereocenters. The molecular formula is C24H34FN9. The van der Waals surface area contributed by atoms with Crippen molar-refractivity contribution in [2.24, 2.45) is 7.05 Å². The molecule has 1 aliphatic heterocycles. The van der Waals surface area contributed by atoms with Crippen LogP contribution in [-0.4, -0.2) is 70.4 Å². The van der Waals surface area contributed by atoms with Crippen LogP contribution in [0.2, 0.25) is 0 Å². The summed E-state index contributed by atoms with van der Waals surface area (Å²) in [6.45, 7) is 7.40. The number of rotatable bonds is 8. The smallest absolute Gasteiger partial charge is 0.230 e. The van der Waals surface area contributed by atoms with E-state index in [0.29, 0.717) is 36.6 Å². The van der Waals surface area contributed by atoms with Crippen molar-refractivity contribution in [2.75, 3.05) is 55.9 Å². The Hall–Kier alpha value is -3.27. The predicted molar refractivity (Wildman–Crippen MR) is 133 cm³/mol. The average Bonchev–Trinajstić information content (AvgIpc) is 3.14. The Balaban J connectivity index is 1.49. The second-order valence-corrected chi connectivity index (χ2v) is 9.38. The molecule has 4 rings (SSSR count). The van der Waals surface area contributed by atoms with Gasteiger partial charge in [0, 0.05) is 58.0 Å². The topological polar surface area (TPSA) is 78.2 Å². The predicted octanol–water partition coefficient (Wildman–Crippen LogP) is 3.17. The second kappa shape index (κ2) is 9.92. The van der Waals surface area contributed by atoms with Gasteiger partial charge in [-0.2, -0.15) is 10.1 Å². The van der Waals surface area contributed by atoms with E-state index in [1.54, 1.807) is 0 Å². The van der Waals surface area contributed by atoms with Crippen molar-refractivity contribution in [1.82, 2.24) is 29.6 Å². The first kappa shape index (κ1) is 23.9. The molecule has 4 heterocycles. The van der Waals surface area contributed by atoms with Gasteiger partial charge < -0.3 is 20.0 Å². The van der Waals surface area contributed by atoms with Crippen LogP contribution < -0.4 is 15.1 Å². The van der Waals surface area contributed by atoms with Crippen LogP contribution >= 0.6 is 0 Å². The molecule has 0 radical (unpaired) electrons. The lowest BCUT2D eigenvalue weighted by molar-refractivity contribution is 0.416. The van der Waals surface area contributed by atoms with Gasteiger partial charge in [0.15, 0.2) is 11.6 Å². The molecule has 3 aromatic rings. The average molecular weight is 468 g/mol. The fourth-order valence-corrected chi connectivity index (χ4v) is 4.34. The molecule has 0 amide bonds. The second-order valence-electron chi connectivity index (χ2n) is 9.38. The first-order valence-electron chi connectivity index (χ1n) is 11.6. The number of pyridine rings is 1. The van der Waals surface area contributed by atoms with Crippen molar-refractivity contribution >= 4 is 23.3 Å². The lowest BCUT2D eigenvalue weighted by atomic mass is 9.99. The minimum absolute atomic E-state index is 0.293. The quantitative estimate of drug-likeness (QED) is 0.541. The van der Waals surface area contributed by atoms with Gasteiger partial charge in [0.05, 0.1) is 23.8 Å². The maximum absolute atomic E-state index is 14.8. The van der Waals surface area contributed by atoms with E-state index in [-0.39, 0.29) is 0 Å². The standard InChI is InChI=1S/C24H34FN9/c1-16(2)22-18-15-34(10-9-20(18)30-33(22)6)23-19(25)14-27-24(29-23)28-21-8-7-17(13-26-21)32(5)12-11-31(3)4/h7-8,13-14,16H,9-12,15H2,1-6H3,(H,26,27,28,29). The largest absolute Gasteiger partial charge is 0.372 e. The maximum Gasteiger partial charge on any atom is 0.230 e. The number of halogens is 1. The zero-order valence-electron chi connectivity index (χ0n) is 20.9. The van der Waals surface area contributed by atoms with Crippen molar-refractivity contribution < 1.29 is 4.39 Å². The van der Waals surface area contributed by atoms with E-state index in [4.69, 9.17) is 0 Å². The number of likely N-dealkylation sites (N-methyl/N-ethyl adjacent to an activating group) is 2. The van der Waals surface area contributed by atoms with Crippen LogP contribution in [0.25, 0.3) is 0 Å². The van der Waals surface area contributed by atoms with Crippen molar-refractivity contribution in [2.45, 2.75) is 32.7 Å². The summed E-state index contributed by atoms with van der Waals surface area (Å²) in [5, 5.41) is 7.78. The van der Waals surface area contributed by atoms with E-state index >= 15 is 0 Å². The Morgan fingerprint density at radius 3 is 2.59 bits per heavy atom. The summed E-state index contributed by atoms with van der Waals surface area (Å²) in [5.41, 5.74) is 4.48. The number of anilines is 4. The van der Waals surface area contributed by atoms with Crippen LogP contribution in [0.3, 0.4) is 0 Å². The monoisotopic (exact) mass is 467 g/mol.